The van der Waals surface area contributed by atoms with Gasteiger partial charge in [0.1, 0.15) is 5.82 Å². The third-order valence-electron chi connectivity index (χ3n) is 4.17. The van der Waals surface area contributed by atoms with Crippen molar-refractivity contribution in [3.05, 3.63) is 23.3 Å². The van der Waals surface area contributed by atoms with Gasteiger partial charge in [0.05, 0.1) is 17.9 Å². The van der Waals surface area contributed by atoms with E-state index in [4.69, 9.17) is 9.72 Å². The fourth-order valence-electron chi connectivity index (χ4n) is 3.10. The first-order valence-electron chi connectivity index (χ1n) is 8.18. The number of aromatic nitrogens is 2. The van der Waals surface area contributed by atoms with Crippen LogP contribution in [0, 0.1) is 5.92 Å². The lowest BCUT2D eigenvalue weighted by Gasteiger charge is -2.25. The molecule has 1 heterocycles. The molecule has 0 bridgehead atoms. The van der Waals surface area contributed by atoms with Crippen molar-refractivity contribution in [2.24, 2.45) is 5.92 Å². The van der Waals surface area contributed by atoms with E-state index in [-0.39, 0.29) is 5.97 Å². The lowest BCUT2D eigenvalue weighted by molar-refractivity contribution is 0.0523. The van der Waals surface area contributed by atoms with Gasteiger partial charge in [-0.25, -0.2) is 14.8 Å². The molecule has 0 amide bonds. The van der Waals surface area contributed by atoms with E-state index in [2.05, 4.69) is 18.8 Å². The van der Waals surface area contributed by atoms with Gasteiger partial charge in [0.25, 0.3) is 0 Å². The molecule has 1 aromatic heterocycles. The molecule has 1 fully saturated rings. The Bertz CT molecular complexity index is 488. The first-order valence-corrected chi connectivity index (χ1v) is 8.18. The van der Waals surface area contributed by atoms with Gasteiger partial charge in [-0.1, -0.05) is 33.1 Å². The second-order valence-electron chi connectivity index (χ2n) is 6.03. The molecule has 1 saturated carbocycles. The molecule has 0 N–H and O–H groups in total. The third kappa shape index (κ3) is 4.02. The number of carbonyl (C=O) groups is 1. The molecule has 1 aromatic rings. The summed E-state index contributed by atoms with van der Waals surface area (Å²) < 4.78 is 5.10. The van der Waals surface area contributed by atoms with Gasteiger partial charge in [-0.3, -0.25) is 0 Å². The van der Waals surface area contributed by atoms with E-state index < -0.39 is 0 Å². The summed E-state index contributed by atoms with van der Waals surface area (Å²) in [7, 11) is 0. The molecule has 4 nitrogen and oxygen atoms in total. The van der Waals surface area contributed by atoms with E-state index in [0.717, 1.165) is 43.1 Å². The minimum Gasteiger partial charge on any atom is -0.462 e. The monoisotopic (exact) mass is 290 g/mol. The minimum absolute atomic E-state index is 0.301. The highest BCUT2D eigenvalue weighted by Gasteiger charge is 2.24. The zero-order valence-corrected chi connectivity index (χ0v) is 13.4. The van der Waals surface area contributed by atoms with Crippen LogP contribution in [0.5, 0.6) is 0 Å². The molecular formula is C17H26N2O2. The van der Waals surface area contributed by atoms with Crippen molar-refractivity contribution in [1.82, 2.24) is 9.97 Å². The summed E-state index contributed by atoms with van der Waals surface area (Å²) in [4.78, 5) is 21.2. The Hall–Kier alpha value is -1.45. The van der Waals surface area contributed by atoms with Gasteiger partial charge >= 0.3 is 5.97 Å². The van der Waals surface area contributed by atoms with Gasteiger partial charge in [-0.2, -0.15) is 0 Å². The Balaban J connectivity index is 2.24. The summed E-state index contributed by atoms with van der Waals surface area (Å²) in [6.45, 7) is 6.59. The normalized spacial score (nSPS) is 22.0. The van der Waals surface area contributed by atoms with E-state index in [0.29, 0.717) is 18.1 Å². The van der Waals surface area contributed by atoms with Gasteiger partial charge in [-0.15, -0.1) is 0 Å². The Morgan fingerprint density at radius 2 is 2.19 bits per heavy atom. The molecule has 2 atom stereocenters. The summed E-state index contributed by atoms with van der Waals surface area (Å²) in [6.07, 6.45) is 8.30. The lowest BCUT2D eigenvalue weighted by Crippen LogP contribution is -2.17. The van der Waals surface area contributed by atoms with Crippen LogP contribution in [0.25, 0.3) is 0 Å². The second-order valence-corrected chi connectivity index (χ2v) is 6.03. The van der Waals surface area contributed by atoms with Crippen LogP contribution >= 0.6 is 0 Å². The number of aryl methyl sites for hydroxylation is 1. The summed E-state index contributed by atoms with van der Waals surface area (Å²) in [5, 5.41) is 0. The van der Waals surface area contributed by atoms with Crippen LogP contribution < -0.4 is 0 Å². The molecule has 0 aliphatic heterocycles. The Morgan fingerprint density at radius 3 is 2.86 bits per heavy atom. The molecular weight excluding hydrogens is 264 g/mol. The van der Waals surface area contributed by atoms with Crippen molar-refractivity contribution in [3.63, 3.8) is 0 Å². The third-order valence-corrected chi connectivity index (χ3v) is 4.17. The molecule has 0 aromatic carbocycles. The van der Waals surface area contributed by atoms with E-state index in [1.165, 1.54) is 12.8 Å². The predicted molar refractivity (Wildman–Crippen MR) is 82.4 cm³/mol. The molecule has 116 valence electrons. The molecule has 1 aliphatic rings. The van der Waals surface area contributed by atoms with Crippen molar-refractivity contribution in [2.45, 2.75) is 65.2 Å². The summed E-state index contributed by atoms with van der Waals surface area (Å²) >= 11 is 0. The van der Waals surface area contributed by atoms with Crippen LogP contribution in [0.15, 0.2) is 6.20 Å². The minimum atomic E-state index is -0.301. The van der Waals surface area contributed by atoms with Crippen LogP contribution in [0.4, 0.5) is 0 Å². The zero-order valence-electron chi connectivity index (χ0n) is 13.4. The van der Waals surface area contributed by atoms with E-state index in [1.54, 1.807) is 6.20 Å². The van der Waals surface area contributed by atoms with Crippen LogP contribution in [0.3, 0.4) is 0 Å². The molecule has 0 spiro atoms. The van der Waals surface area contributed by atoms with Crippen LogP contribution in [0.2, 0.25) is 0 Å². The van der Waals surface area contributed by atoms with Crippen molar-refractivity contribution < 1.29 is 9.53 Å². The Labute approximate surface area is 127 Å². The fourth-order valence-corrected chi connectivity index (χ4v) is 3.10. The van der Waals surface area contributed by atoms with E-state index in [9.17, 15) is 4.79 Å². The fraction of sp³-hybridized carbons (Fsp3) is 0.706. The first kappa shape index (κ1) is 15.9. The highest BCUT2D eigenvalue weighted by atomic mass is 16.5. The number of ether oxygens (including phenoxy) is 1. The maximum Gasteiger partial charge on any atom is 0.341 e. The Morgan fingerprint density at radius 1 is 1.38 bits per heavy atom. The van der Waals surface area contributed by atoms with Crippen LogP contribution in [-0.4, -0.2) is 22.5 Å². The van der Waals surface area contributed by atoms with Gasteiger partial charge in [0, 0.05) is 12.1 Å². The number of rotatable bonds is 5. The van der Waals surface area contributed by atoms with Gasteiger partial charge < -0.3 is 4.74 Å². The highest BCUT2D eigenvalue weighted by molar-refractivity contribution is 5.90. The van der Waals surface area contributed by atoms with E-state index in [1.807, 2.05) is 6.92 Å². The van der Waals surface area contributed by atoms with E-state index >= 15 is 0 Å². The van der Waals surface area contributed by atoms with Crippen molar-refractivity contribution in [3.8, 4) is 0 Å². The first-order chi connectivity index (χ1) is 10.2. The molecule has 0 radical (unpaired) electrons. The highest BCUT2D eigenvalue weighted by Crippen LogP contribution is 2.34. The average molecular weight is 290 g/mol. The smallest absolute Gasteiger partial charge is 0.341 e. The lowest BCUT2D eigenvalue weighted by atomic mass is 9.82. The number of esters is 1. The molecule has 2 rings (SSSR count). The van der Waals surface area contributed by atoms with Crippen LogP contribution in [0.1, 0.15) is 80.7 Å². The van der Waals surface area contributed by atoms with Crippen LogP contribution in [-0.2, 0) is 11.2 Å². The molecule has 0 saturated heterocycles. The summed E-state index contributed by atoms with van der Waals surface area (Å²) in [5.74, 6) is 1.80. The SMILES string of the molecule is CCCc1nc(C2CCCC(C)C2)ncc1C(=O)OCC. The summed E-state index contributed by atoms with van der Waals surface area (Å²) in [6, 6.07) is 0. The standard InChI is InChI=1S/C17H26N2O2/c1-4-7-15-14(17(20)21-5-2)11-18-16(19-15)13-9-6-8-12(3)10-13/h11-13H,4-10H2,1-3H3. The average Bonchev–Trinajstić information content (AvgIpc) is 2.48. The van der Waals surface area contributed by atoms with Crippen molar-refractivity contribution >= 4 is 5.97 Å². The second kappa shape index (κ2) is 7.53. The maximum atomic E-state index is 12.0. The summed E-state index contributed by atoms with van der Waals surface area (Å²) in [5.41, 5.74) is 1.38. The van der Waals surface area contributed by atoms with Crippen molar-refractivity contribution in [2.75, 3.05) is 6.61 Å². The maximum absolute atomic E-state index is 12.0. The molecule has 2 unspecified atom stereocenters. The van der Waals surface area contributed by atoms with Gasteiger partial charge in [-0.05, 0) is 32.1 Å². The zero-order chi connectivity index (χ0) is 15.2. The molecule has 21 heavy (non-hydrogen) atoms. The largest absolute Gasteiger partial charge is 0.462 e. The Kier molecular flexibility index (Phi) is 5.71. The van der Waals surface area contributed by atoms with Crippen molar-refractivity contribution in [1.29, 1.82) is 0 Å². The van der Waals surface area contributed by atoms with Gasteiger partial charge in [0.2, 0.25) is 0 Å². The number of hydrogen-bond donors (Lipinski definition) is 0. The molecule has 4 heteroatoms. The topological polar surface area (TPSA) is 52.1 Å². The predicted octanol–water partition coefficient (Wildman–Crippen LogP) is 3.90. The van der Waals surface area contributed by atoms with Gasteiger partial charge in [0.15, 0.2) is 0 Å². The number of carbonyl (C=O) groups excluding carboxylic acids is 1. The number of nitrogens with zero attached hydrogens (tertiary/aromatic N) is 2. The quantitative estimate of drug-likeness (QED) is 0.772. The number of hydrogen-bond acceptors (Lipinski definition) is 4. The molecule has 1 aliphatic carbocycles.